The zero-order chi connectivity index (χ0) is 19.7. The van der Waals surface area contributed by atoms with Gasteiger partial charge in [0, 0.05) is 19.0 Å². The second-order valence-electron chi connectivity index (χ2n) is 8.05. The van der Waals surface area contributed by atoms with E-state index in [0.717, 1.165) is 38.2 Å². The van der Waals surface area contributed by atoms with E-state index in [0.29, 0.717) is 13.0 Å². The Balaban J connectivity index is 1.28. The molecule has 0 aromatic heterocycles. The van der Waals surface area contributed by atoms with Gasteiger partial charge in [-0.3, -0.25) is 4.79 Å². The molecule has 1 aromatic rings. The Labute approximate surface area is 165 Å². The molecule has 0 radical (unpaired) electrons. The zero-order valence-electron chi connectivity index (χ0n) is 15.8. The summed E-state index contributed by atoms with van der Waals surface area (Å²) in [4.78, 5) is 14.3. The van der Waals surface area contributed by atoms with E-state index in [9.17, 15) is 17.6 Å². The molecule has 6 nitrogen and oxygen atoms in total. The van der Waals surface area contributed by atoms with Gasteiger partial charge in [-0.15, -0.1) is 0 Å². The molecule has 3 aliphatic rings. The van der Waals surface area contributed by atoms with Crippen LogP contribution < -0.4 is 4.72 Å². The Morgan fingerprint density at radius 1 is 1.14 bits per heavy atom. The van der Waals surface area contributed by atoms with Gasteiger partial charge in [0.15, 0.2) is 0 Å². The molecule has 28 heavy (non-hydrogen) atoms. The van der Waals surface area contributed by atoms with Crippen molar-refractivity contribution in [2.75, 3.05) is 13.1 Å². The Hall–Kier alpha value is -1.51. The SMILES string of the molecule is O=C(C1CCCCC1)N1C[C@@H]2O[C@H](CNS(=O)(=O)c3ccccc3F)CC[C@@H]21. The summed E-state index contributed by atoms with van der Waals surface area (Å²) in [5, 5.41) is 0. The number of benzene rings is 1. The van der Waals surface area contributed by atoms with E-state index in [2.05, 4.69) is 4.72 Å². The molecule has 1 aromatic carbocycles. The highest BCUT2D eigenvalue weighted by Gasteiger charge is 2.47. The van der Waals surface area contributed by atoms with E-state index < -0.39 is 15.8 Å². The molecule has 154 valence electrons. The number of likely N-dealkylation sites (tertiary alicyclic amines) is 1. The number of rotatable bonds is 5. The van der Waals surface area contributed by atoms with Crippen LogP contribution in [0.15, 0.2) is 29.2 Å². The largest absolute Gasteiger partial charge is 0.370 e. The number of ether oxygens (including phenoxy) is 1. The summed E-state index contributed by atoms with van der Waals surface area (Å²) >= 11 is 0. The summed E-state index contributed by atoms with van der Waals surface area (Å²) in [6.07, 6.45) is 6.70. The molecule has 4 rings (SSSR count). The van der Waals surface area contributed by atoms with Gasteiger partial charge in [0.1, 0.15) is 10.7 Å². The number of nitrogens with zero attached hydrogens (tertiary/aromatic N) is 1. The standard InChI is InChI=1S/C20H27FN2O4S/c21-16-8-4-5-9-19(16)28(25,26)22-12-15-10-11-17-18(27-15)13-23(17)20(24)14-6-2-1-3-7-14/h4-5,8-9,14-15,17-18,22H,1-3,6-7,10-13H2/t15-,17-,18-/m0/s1. The average molecular weight is 411 g/mol. The highest BCUT2D eigenvalue weighted by atomic mass is 32.2. The van der Waals surface area contributed by atoms with Gasteiger partial charge in [-0.05, 0) is 37.8 Å². The summed E-state index contributed by atoms with van der Waals surface area (Å²) in [6, 6.07) is 5.44. The summed E-state index contributed by atoms with van der Waals surface area (Å²) in [7, 11) is -3.91. The molecule has 2 aliphatic heterocycles. The predicted molar refractivity (Wildman–Crippen MR) is 102 cm³/mol. The fourth-order valence-corrected chi connectivity index (χ4v) is 5.73. The number of amides is 1. The van der Waals surface area contributed by atoms with Crippen molar-refractivity contribution in [3.63, 3.8) is 0 Å². The normalized spacial score (nSPS) is 28.5. The number of carbonyl (C=O) groups is 1. The predicted octanol–water partition coefficient (Wildman–Crippen LogP) is 2.44. The lowest BCUT2D eigenvalue weighted by molar-refractivity contribution is -0.184. The number of hydrogen-bond donors (Lipinski definition) is 1. The molecule has 0 bridgehead atoms. The van der Waals surface area contributed by atoms with Gasteiger partial charge in [0.05, 0.1) is 18.2 Å². The first-order valence-electron chi connectivity index (χ1n) is 10.2. The van der Waals surface area contributed by atoms with E-state index >= 15 is 0 Å². The molecular formula is C20H27FN2O4S. The Kier molecular flexibility index (Phi) is 5.71. The molecule has 1 saturated carbocycles. The van der Waals surface area contributed by atoms with Crippen LogP contribution in [0.2, 0.25) is 0 Å². The molecule has 1 N–H and O–H groups in total. The van der Waals surface area contributed by atoms with Gasteiger partial charge >= 0.3 is 0 Å². The number of carbonyl (C=O) groups excluding carboxylic acids is 1. The number of nitrogens with one attached hydrogen (secondary N) is 1. The molecule has 3 fully saturated rings. The van der Waals surface area contributed by atoms with E-state index in [4.69, 9.17) is 4.74 Å². The van der Waals surface area contributed by atoms with Crippen molar-refractivity contribution in [3.05, 3.63) is 30.1 Å². The van der Waals surface area contributed by atoms with Gasteiger partial charge in [0.25, 0.3) is 0 Å². The molecule has 0 spiro atoms. The van der Waals surface area contributed by atoms with Crippen LogP contribution in [0.5, 0.6) is 0 Å². The van der Waals surface area contributed by atoms with E-state index in [1.165, 1.54) is 24.6 Å². The minimum Gasteiger partial charge on any atom is -0.370 e. The minimum atomic E-state index is -3.91. The first-order valence-corrected chi connectivity index (χ1v) is 11.6. The third kappa shape index (κ3) is 3.95. The van der Waals surface area contributed by atoms with Crippen LogP contribution in [0.1, 0.15) is 44.9 Å². The zero-order valence-corrected chi connectivity index (χ0v) is 16.7. The number of hydrogen-bond acceptors (Lipinski definition) is 4. The maximum atomic E-state index is 13.8. The monoisotopic (exact) mass is 410 g/mol. The van der Waals surface area contributed by atoms with Crippen LogP contribution in [0, 0.1) is 11.7 Å². The topological polar surface area (TPSA) is 75.7 Å². The van der Waals surface area contributed by atoms with Crippen molar-refractivity contribution in [1.29, 1.82) is 0 Å². The molecule has 1 aliphatic carbocycles. The average Bonchev–Trinajstić information content (AvgIpc) is 2.68. The smallest absolute Gasteiger partial charge is 0.243 e. The van der Waals surface area contributed by atoms with E-state index in [-0.39, 0.29) is 41.5 Å². The van der Waals surface area contributed by atoms with Gasteiger partial charge in [-0.1, -0.05) is 31.4 Å². The molecule has 0 unspecified atom stereocenters. The molecule has 2 heterocycles. The number of sulfonamides is 1. The Morgan fingerprint density at radius 3 is 2.61 bits per heavy atom. The van der Waals surface area contributed by atoms with Gasteiger partial charge in [-0.2, -0.15) is 0 Å². The fourth-order valence-electron chi connectivity index (χ4n) is 4.59. The highest BCUT2D eigenvalue weighted by molar-refractivity contribution is 7.89. The van der Waals surface area contributed by atoms with Crippen LogP contribution in [0.3, 0.4) is 0 Å². The quantitative estimate of drug-likeness (QED) is 0.809. The Bertz CT molecular complexity index is 825. The van der Waals surface area contributed by atoms with Crippen LogP contribution in [0.4, 0.5) is 4.39 Å². The fraction of sp³-hybridized carbons (Fsp3) is 0.650. The van der Waals surface area contributed by atoms with E-state index in [1.807, 2.05) is 4.90 Å². The van der Waals surface area contributed by atoms with E-state index in [1.54, 1.807) is 0 Å². The summed E-state index contributed by atoms with van der Waals surface area (Å²) in [5.41, 5.74) is 0. The summed E-state index contributed by atoms with van der Waals surface area (Å²) in [5.74, 6) is -0.334. The second kappa shape index (κ2) is 8.08. The van der Waals surface area contributed by atoms with Crippen molar-refractivity contribution >= 4 is 15.9 Å². The third-order valence-corrected chi connectivity index (χ3v) is 7.68. The van der Waals surface area contributed by atoms with Crippen LogP contribution in [-0.4, -0.2) is 50.6 Å². The molecular weight excluding hydrogens is 383 g/mol. The first-order chi connectivity index (χ1) is 13.5. The lowest BCUT2D eigenvalue weighted by atomic mass is 9.84. The summed E-state index contributed by atoms with van der Waals surface area (Å²) < 4.78 is 46.8. The van der Waals surface area contributed by atoms with Crippen molar-refractivity contribution < 1.29 is 22.3 Å². The molecule has 2 saturated heterocycles. The van der Waals surface area contributed by atoms with Crippen molar-refractivity contribution in [2.45, 2.75) is 68.1 Å². The van der Waals surface area contributed by atoms with Crippen LogP contribution in [-0.2, 0) is 19.6 Å². The minimum absolute atomic E-state index is 0.0238. The van der Waals surface area contributed by atoms with Gasteiger partial charge < -0.3 is 9.64 Å². The highest BCUT2D eigenvalue weighted by Crippen LogP contribution is 2.35. The van der Waals surface area contributed by atoms with Gasteiger partial charge in [-0.25, -0.2) is 17.5 Å². The Morgan fingerprint density at radius 2 is 1.89 bits per heavy atom. The summed E-state index contributed by atoms with van der Waals surface area (Å²) in [6.45, 7) is 0.701. The van der Waals surface area contributed by atoms with Gasteiger partial charge in [0.2, 0.25) is 15.9 Å². The molecule has 8 heteroatoms. The lowest BCUT2D eigenvalue weighted by Gasteiger charge is -2.53. The first kappa shape index (κ1) is 19.8. The van der Waals surface area contributed by atoms with Crippen molar-refractivity contribution in [1.82, 2.24) is 9.62 Å². The lowest BCUT2D eigenvalue weighted by Crippen LogP contribution is -2.67. The third-order valence-electron chi connectivity index (χ3n) is 6.22. The maximum Gasteiger partial charge on any atom is 0.243 e. The van der Waals surface area contributed by atoms with Crippen molar-refractivity contribution in [2.24, 2.45) is 5.92 Å². The van der Waals surface area contributed by atoms with Crippen LogP contribution >= 0.6 is 0 Å². The number of fused-ring (bicyclic) bond motifs is 1. The maximum absolute atomic E-state index is 13.8. The molecule has 1 amide bonds. The number of halogens is 1. The molecule has 3 atom stereocenters. The van der Waals surface area contributed by atoms with Crippen molar-refractivity contribution in [3.8, 4) is 0 Å². The second-order valence-corrected chi connectivity index (χ2v) is 9.78. The van der Waals surface area contributed by atoms with Crippen LogP contribution in [0.25, 0.3) is 0 Å².